The summed E-state index contributed by atoms with van der Waals surface area (Å²) in [6.07, 6.45) is -0.330. The first-order valence-electron chi connectivity index (χ1n) is 9.07. The minimum Gasteiger partial charge on any atom is -0.329 e. The lowest BCUT2D eigenvalue weighted by atomic mass is 10.2. The quantitative estimate of drug-likeness (QED) is 0.385. The van der Waals surface area contributed by atoms with Crippen molar-refractivity contribution in [1.29, 1.82) is 0 Å². The van der Waals surface area contributed by atoms with Gasteiger partial charge in [-0.05, 0) is 50.6 Å². The molecule has 1 aromatic carbocycles. The van der Waals surface area contributed by atoms with Crippen molar-refractivity contribution in [3.63, 3.8) is 0 Å². The summed E-state index contributed by atoms with van der Waals surface area (Å²) in [7, 11) is 0. The van der Waals surface area contributed by atoms with Gasteiger partial charge in [0.05, 0.1) is 17.4 Å². The molecule has 0 saturated heterocycles. The topological polar surface area (TPSA) is 70.4 Å². The molecule has 1 amide bonds. The van der Waals surface area contributed by atoms with Crippen molar-refractivity contribution < 1.29 is 23.2 Å². The van der Waals surface area contributed by atoms with Crippen molar-refractivity contribution in [3.8, 4) is 0 Å². The van der Waals surface area contributed by atoms with Gasteiger partial charge in [0.2, 0.25) is 0 Å². The molecule has 0 saturated carbocycles. The van der Waals surface area contributed by atoms with Crippen molar-refractivity contribution in [2.45, 2.75) is 45.5 Å². The molecular weight excluding hydrogens is 373 g/mol. The highest BCUT2D eigenvalue weighted by molar-refractivity contribution is 5.91. The van der Waals surface area contributed by atoms with Gasteiger partial charge in [-0.3, -0.25) is 14.9 Å². The molecule has 0 aliphatic heterocycles. The van der Waals surface area contributed by atoms with Crippen molar-refractivity contribution >= 4 is 23.0 Å². The van der Waals surface area contributed by atoms with Gasteiger partial charge >= 0.3 is 6.18 Å². The Kier molecular flexibility index (Phi) is 7.59. The number of aromatic nitrogens is 2. The van der Waals surface area contributed by atoms with Crippen molar-refractivity contribution in [1.82, 2.24) is 19.9 Å². The smallest absolute Gasteiger partial charge is 0.329 e. The van der Waals surface area contributed by atoms with Gasteiger partial charge in [-0.1, -0.05) is 6.07 Å². The summed E-state index contributed by atoms with van der Waals surface area (Å²) in [6.45, 7) is 5.58. The van der Waals surface area contributed by atoms with Crippen LogP contribution in [0, 0.1) is 0 Å². The van der Waals surface area contributed by atoms with Gasteiger partial charge in [0.15, 0.2) is 0 Å². The zero-order valence-electron chi connectivity index (χ0n) is 15.9. The number of hydroxylamine groups is 1. The van der Waals surface area contributed by atoms with E-state index in [9.17, 15) is 18.0 Å². The molecule has 1 heterocycles. The molecule has 0 unspecified atom stereocenters. The molecule has 0 fully saturated rings. The summed E-state index contributed by atoms with van der Waals surface area (Å²) >= 11 is 0. The fraction of sp³-hybridized carbons (Fsp3) is 0.474. The van der Waals surface area contributed by atoms with E-state index in [4.69, 9.17) is 5.21 Å². The molecule has 9 heteroatoms. The SMILES string of the molecule is CC(C)N(CCCC(F)(F)F)CCn1cnc2cc(/C=C/C(=O)NO)ccc21. The third-order valence-electron chi connectivity index (χ3n) is 4.45. The van der Waals surface area contributed by atoms with E-state index in [1.54, 1.807) is 12.4 Å². The lowest BCUT2D eigenvalue weighted by molar-refractivity contribution is -0.136. The standard InChI is InChI=1S/C19H25F3N4O2/c1-14(2)25(9-3-8-19(20,21)22)10-11-26-13-23-16-12-15(4-6-17(16)26)5-7-18(27)24-28/h4-7,12-14,28H,3,8-11H2,1-2H3,(H,24,27)/b7-5+. The van der Waals surface area contributed by atoms with Crippen LogP contribution < -0.4 is 5.48 Å². The predicted molar refractivity (Wildman–Crippen MR) is 101 cm³/mol. The van der Waals surface area contributed by atoms with Gasteiger partial charge in [-0.15, -0.1) is 0 Å². The maximum absolute atomic E-state index is 12.4. The molecule has 154 valence electrons. The van der Waals surface area contributed by atoms with Crippen LogP contribution in [0.3, 0.4) is 0 Å². The Balaban J connectivity index is 2.00. The number of alkyl halides is 3. The van der Waals surface area contributed by atoms with E-state index in [-0.39, 0.29) is 12.5 Å². The zero-order chi connectivity index (χ0) is 20.7. The highest BCUT2D eigenvalue weighted by Crippen LogP contribution is 2.22. The zero-order valence-corrected chi connectivity index (χ0v) is 15.9. The first-order valence-corrected chi connectivity index (χ1v) is 9.07. The molecule has 0 aliphatic carbocycles. The van der Waals surface area contributed by atoms with E-state index < -0.39 is 18.5 Å². The Morgan fingerprint density at radius 1 is 1.36 bits per heavy atom. The third-order valence-corrected chi connectivity index (χ3v) is 4.45. The third kappa shape index (κ3) is 6.65. The summed E-state index contributed by atoms with van der Waals surface area (Å²) in [5.41, 5.74) is 3.94. The monoisotopic (exact) mass is 398 g/mol. The van der Waals surface area contributed by atoms with Crippen molar-refractivity contribution in [2.75, 3.05) is 13.1 Å². The molecule has 6 nitrogen and oxygen atoms in total. The number of benzene rings is 1. The Bertz CT molecular complexity index is 815. The van der Waals surface area contributed by atoms with E-state index in [1.165, 1.54) is 11.6 Å². The number of imidazole rings is 1. The Labute approximate surface area is 161 Å². The lowest BCUT2D eigenvalue weighted by Crippen LogP contribution is -2.35. The maximum Gasteiger partial charge on any atom is 0.389 e. The van der Waals surface area contributed by atoms with E-state index in [2.05, 4.69) is 4.98 Å². The van der Waals surface area contributed by atoms with E-state index in [0.29, 0.717) is 19.6 Å². The second-order valence-corrected chi connectivity index (χ2v) is 6.84. The van der Waals surface area contributed by atoms with Crippen LogP contribution in [-0.2, 0) is 11.3 Å². The summed E-state index contributed by atoms with van der Waals surface area (Å²) in [4.78, 5) is 17.4. The fourth-order valence-corrected chi connectivity index (χ4v) is 2.92. The molecule has 28 heavy (non-hydrogen) atoms. The van der Waals surface area contributed by atoms with Crippen LogP contribution in [0.4, 0.5) is 13.2 Å². The highest BCUT2D eigenvalue weighted by Gasteiger charge is 2.26. The number of nitrogens with zero attached hydrogens (tertiary/aromatic N) is 3. The molecule has 2 N–H and O–H groups in total. The van der Waals surface area contributed by atoms with Gasteiger partial charge in [0.25, 0.3) is 5.91 Å². The molecule has 2 aromatic rings. The normalized spacial score (nSPS) is 12.6. The Morgan fingerprint density at radius 2 is 2.11 bits per heavy atom. The van der Waals surface area contributed by atoms with Crippen LogP contribution in [-0.4, -0.2) is 50.9 Å². The van der Waals surface area contributed by atoms with Crippen molar-refractivity contribution in [2.24, 2.45) is 0 Å². The largest absolute Gasteiger partial charge is 0.389 e. The van der Waals surface area contributed by atoms with Crippen LogP contribution >= 0.6 is 0 Å². The number of halogens is 3. The first-order chi connectivity index (χ1) is 13.2. The van der Waals surface area contributed by atoms with Gasteiger partial charge in [-0.2, -0.15) is 13.2 Å². The fourth-order valence-electron chi connectivity index (χ4n) is 2.92. The number of carbonyl (C=O) groups is 1. The van der Waals surface area contributed by atoms with Gasteiger partial charge in [0, 0.05) is 31.6 Å². The second-order valence-electron chi connectivity index (χ2n) is 6.84. The Morgan fingerprint density at radius 3 is 2.75 bits per heavy atom. The first kappa shape index (κ1) is 21.9. The summed E-state index contributed by atoms with van der Waals surface area (Å²) in [6, 6.07) is 5.67. The molecule has 1 aromatic heterocycles. The van der Waals surface area contributed by atoms with Gasteiger partial charge in [-0.25, -0.2) is 10.5 Å². The summed E-state index contributed by atoms with van der Waals surface area (Å²) < 4.78 is 39.1. The average molecular weight is 398 g/mol. The predicted octanol–water partition coefficient (Wildman–Crippen LogP) is 3.61. The van der Waals surface area contributed by atoms with Crippen LogP contribution in [0.5, 0.6) is 0 Å². The minimum absolute atomic E-state index is 0.0868. The maximum atomic E-state index is 12.4. The number of carbonyl (C=O) groups excluding carboxylic acids is 1. The number of hydrogen-bond donors (Lipinski definition) is 2. The lowest BCUT2D eigenvalue weighted by Gasteiger charge is -2.26. The Hall–Kier alpha value is -2.39. The minimum atomic E-state index is -4.12. The number of amides is 1. The summed E-state index contributed by atoms with van der Waals surface area (Å²) in [5.74, 6) is -0.620. The molecular formula is C19H25F3N4O2. The van der Waals surface area contributed by atoms with Crippen LogP contribution in [0.15, 0.2) is 30.6 Å². The summed E-state index contributed by atoms with van der Waals surface area (Å²) in [5, 5.41) is 8.50. The average Bonchev–Trinajstić information content (AvgIpc) is 3.03. The van der Waals surface area contributed by atoms with Crippen LogP contribution in [0.25, 0.3) is 17.1 Å². The number of fused-ring (bicyclic) bond motifs is 1. The number of nitrogens with one attached hydrogen (secondary N) is 1. The van der Waals surface area contributed by atoms with E-state index >= 15 is 0 Å². The second kappa shape index (κ2) is 9.70. The molecule has 2 rings (SSSR count). The molecule has 0 bridgehead atoms. The van der Waals surface area contributed by atoms with Gasteiger partial charge in [0.1, 0.15) is 0 Å². The van der Waals surface area contributed by atoms with Crippen LogP contribution in [0.1, 0.15) is 32.3 Å². The van der Waals surface area contributed by atoms with E-state index in [0.717, 1.165) is 16.6 Å². The highest BCUT2D eigenvalue weighted by atomic mass is 19.4. The number of rotatable bonds is 9. The molecule has 0 radical (unpaired) electrons. The number of hydrogen-bond acceptors (Lipinski definition) is 4. The van der Waals surface area contributed by atoms with Gasteiger partial charge < -0.3 is 4.57 Å². The van der Waals surface area contributed by atoms with Crippen molar-refractivity contribution in [3.05, 3.63) is 36.2 Å². The molecule has 0 aliphatic rings. The van der Waals surface area contributed by atoms with E-state index in [1.807, 2.05) is 41.5 Å². The van der Waals surface area contributed by atoms with Crippen LogP contribution in [0.2, 0.25) is 0 Å². The molecule has 0 atom stereocenters. The molecule has 0 spiro atoms.